The number of aromatic amines is 1. The molecule has 0 unspecified atom stereocenters. The number of benzene rings is 1. The second kappa shape index (κ2) is 4.90. The second-order valence-electron chi connectivity index (χ2n) is 3.72. The van der Waals surface area contributed by atoms with Crippen LogP contribution in [0.1, 0.15) is 11.3 Å². The Morgan fingerprint density at radius 1 is 1.25 bits per heavy atom. The largest absolute Gasteiger partial charge is 0.330 e. The summed E-state index contributed by atoms with van der Waals surface area (Å²) in [5.41, 5.74) is 7.76. The first-order valence-electron chi connectivity index (χ1n) is 5.29. The van der Waals surface area contributed by atoms with Gasteiger partial charge < -0.3 is 5.73 Å². The molecule has 1 heterocycles. The van der Waals surface area contributed by atoms with Crippen molar-refractivity contribution in [2.24, 2.45) is 5.73 Å². The van der Waals surface area contributed by atoms with Crippen molar-refractivity contribution in [2.75, 3.05) is 6.54 Å². The number of aromatic nitrogens is 2. The van der Waals surface area contributed by atoms with Crippen LogP contribution in [0.5, 0.6) is 0 Å². The van der Waals surface area contributed by atoms with Crippen molar-refractivity contribution in [3.05, 3.63) is 53.9 Å². The summed E-state index contributed by atoms with van der Waals surface area (Å²) >= 11 is 0. The van der Waals surface area contributed by atoms with Crippen LogP contribution in [-0.4, -0.2) is 11.5 Å². The highest BCUT2D eigenvalue weighted by Crippen LogP contribution is 2.02. The predicted molar refractivity (Wildman–Crippen MR) is 59.2 cm³/mol. The molecule has 0 atom stereocenters. The van der Waals surface area contributed by atoms with Gasteiger partial charge in [0.05, 0.1) is 0 Å². The minimum atomic E-state index is -0.204. The molecule has 0 aliphatic heterocycles. The van der Waals surface area contributed by atoms with E-state index in [-0.39, 0.29) is 5.82 Å². The third kappa shape index (κ3) is 2.46. The number of hydrogen-bond donors (Lipinski definition) is 2. The summed E-state index contributed by atoms with van der Waals surface area (Å²) in [6, 6.07) is 6.54. The van der Waals surface area contributed by atoms with Gasteiger partial charge in [-0.2, -0.15) is 0 Å². The molecule has 3 N–H and O–H groups in total. The van der Waals surface area contributed by atoms with Crippen LogP contribution < -0.4 is 10.3 Å². The van der Waals surface area contributed by atoms with E-state index in [9.17, 15) is 4.39 Å². The molecule has 0 bridgehead atoms. The molecule has 0 fully saturated rings. The molecule has 2 aromatic rings. The lowest BCUT2D eigenvalue weighted by Gasteiger charge is -2.01. The van der Waals surface area contributed by atoms with Crippen LogP contribution in [0.3, 0.4) is 0 Å². The van der Waals surface area contributed by atoms with E-state index in [0.29, 0.717) is 6.54 Å². The quantitative estimate of drug-likeness (QED) is 0.742. The molecule has 2 rings (SSSR count). The van der Waals surface area contributed by atoms with Crippen LogP contribution in [0, 0.1) is 5.82 Å². The fourth-order valence-corrected chi connectivity index (χ4v) is 1.69. The van der Waals surface area contributed by atoms with E-state index in [0.717, 1.165) is 24.2 Å². The third-order valence-electron chi connectivity index (χ3n) is 2.52. The van der Waals surface area contributed by atoms with E-state index < -0.39 is 0 Å². The number of imidazole rings is 1. The summed E-state index contributed by atoms with van der Waals surface area (Å²) in [5, 5.41) is 0. The van der Waals surface area contributed by atoms with Gasteiger partial charge in [-0.3, -0.25) is 0 Å². The van der Waals surface area contributed by atoms with Crippen molar-refractivity contribution >= 4 is 0 Å². The van der Waals surface area contributed by atoms with Crippen LogP contribution >= 0.6 is 0 Å². The topological polar surface area (TPSA) is 45.7 Å². The molecule has 0 amide bonds. The van der Waals surface area contributed by atoms with Gasteiger partial charge in [-0.05, 0) is 24.2 Å². The lowest BCUT2D eigenvalue weighted by atomic mass is 10.2. The van der Waals surface area contributed by atoms with Gasteiger partial charge in [0, 0.05) is 6.42 Å². The van der Waals surface area contributed by atoms with Crippen LogP contribution in [0.2, 0.25) is 0 Å². The smallest absolute Gasteiger partial charge is 0.242 e. The molecule has 84 valence electrons. The summed E-state index contributed by atoms with van der Waals surface area (Å²) in [7, 11) is 0. The Bertz CT molecular complexity index is 448. The lowest BCUT2D eigenvalue weighted by molar-refractivity contribution is -0.694. The molecule has 16 heavy (non-hydrogen) atoms. The highest BCUT2D eigenvalue weighted by Gasteiger charge is 2.08. The number of nitrogens with one attached hydrogen (secondary N) is 1. The average Bonchev–Trinajstić information content (AvgIpc) is 2.70. The van der Waals surface area contributed by atoms with Crippen molar-refractivity contribution in [3.63, 3.8) is 0 Å². The predicted octanol–water partition coefficient (Wildman–Crippen LogP) is 0.991. The average molecular weight is 220 g/mol. The maximum atomic E-state index is 12.7. The molecule has 0 saturated heterocycles. The summed E-state index contributed by atoms with van der Waals surface area (Å²) in [6.45, 7) is 1.36. The summed E-state index contributed by atoms with van der Waals surface area (Å²) in [4.78, 5) is 3.05. The Kier molecular flexibility index (Phi) is 3.31. The molecule has 1 aromatic carbocycles. The highest BCUT2D eigenvalue weighted by atomic mass is 19.1. The highest BCUT2D eigenvalue weighted by molar-refractivity contribution is 5.14. The molecular formula is C12H15FN3+. The van der Waals surface area contributed by atoms with Crippen molar-refractivity contribution < 1.29 is 8.96 Å². The first-order valence-corrected chi connectivity index (χ1v) is 5.29. The summed E-state index contributed by atoms with van der Waals surface area (Å²) < 4.78 is 14.8. The Hall–Kier alpha value is -1.68. The van der Waals surface area contributed by atoms with E-state index >= 15 is 0 Å². The minimum absolute atomic E-state index is 0.204. The van der Waals surface area contributed by atoms with Crippen LogP contribution in [-0.2, 0) is 13.0 Å². The van der Waals surface area contributed by atoms with Crippen molar-refractivity contribution in [1.29, 1.82) is 0 Å². The van der Waals surface area contributed by atoms with Crippen LogP contribution in [0.25, 0.3) is 0 Å². The van der Waals surface area contributed by atoms with E-state index in [2.05, 4.69) is 9.55 Å². The number of nitrogens with two attached hydrogens (primary N) is 1. The Labute approximate surface area is 93.7 Å². The molecule has 0 aliphatic rings. The maximum absolute atomic E-state index is 12.7. The first-order chi connectivity index (χ1) is 7.79. The first kappa shape index (κ1) is 10.8. The number of H-pyrrole nitrogens is 1. The molecule has 0 aliphatic carbocycles. The van der Waals surface area contributed by atoms with Gasteiger partial charge in [-0.15, -0.1) is 0 Å². The fraction of sp³-hybridized carbons (Fsp3) is 0.250. The van der Waals surface area contributed by atoms with Gasteiger partial charge >= 0.3 is 0 Å². The minimum Gasteiger partial charge on any atom is -0.330 e. The Morgan fingerprint density at radius 2 is 2.00 bits per heavy atom. The zero-order chi connectivity index (χ0) is 11.4. The van der Waals surface area contributed by atoms with E-state index in [4.69, 9.17) is 5.73 Å². The van der Waals surface area contributed by atoms with Crippen molar-refractivity contribution in [1.82, 2.24) is 4.98 Å². The number of hydrogen-bond acceptors (Lipinski definition) is 1. The summed E-state index contributed by atoms with van der Waals surface area (Å²) in [6.07, 6.45) is 4.68. The fourth-order valence-electron chi connectivity index (χ4n) is 1.69. The maximum Gasteiger partial charge on any atom is 0.242 e. The van der Waals surface area contributed by atoms with Gasteiger partial charge in [-0.25, -0.2) is 13.9 Å². The van der Waals surface area contributed by atoms with E-state index in [1.54, 1.807) is 12.1 Å². The normalized spacial score (nSPS) is 10.6. The zero-order valence-corrected chi connectivity index (χ0v) is 8.99. The van der Waals surface area contributed by atoms with Gasteiger partial charge in [0.25, 0.3) is 0 Å². The van der Waals surface area contributed by atoms with Gasteiger partial charge in [-0.1, -0.05) is 12.1 Å². The number of rotatable bonds is 4. The van der Waals surface area contributed by atoms with E-state index in [1.807, 2.05) is 12.5 Å². The Balaban J connectivity index is 2.13. The van der Waals surface area contributed by atoms with Crippen molar-refractivity contribution in [3.8, 4) is 0 Å². The second-order valence-corrected chi connectivity index (χ2v) is 3.72. The van der Waals surface area contributed by atoms with Crippen LogP contribution in [0.4, 0.5) is 4.39 Å². The van der Waals surface area contributed by atoms with Gasteiger partial charge in [0.1, 0.15) is 24.3 Å². The SMILES string of the molecule is NCCc1c[nH]c[n+]1Cc1ccc(F)cc1. The molecule has 0 radical (unpaired) electrons. The Morgan fingerprint density at radius 3 is 2.69 bits per heavy atom. The molecule has 1 aromatic heterocycles. The zero-order valence-electron chi connectivity index (χ0n) is 8.99. The monoisotopic (exact) mass is 220 g/mol. The molecular weight excluding hydrogens is 205 g/mol. The molecule has 4 heteroatoms. The standard InChI is InChI=1S/C12H14FN3/c13-11-3-1-10(2-4-11)8-16-9-15-7-12(16)5-6-14/h1-4,7,9H,5-6,8,14H2/p+1. The van der Waals surface area contributed by atoms with Crippen LogP contribution in [0.15, 0.2) is 36.8 Å². The van der Waals surface area contributed by atoms with Gasteiger partial charge in [0.2, 0.25) is 6.33 Å². The number of halogens is 1. The lowest BCUT2D eigenvalue weighted by Crippen LogP contribution is -2.37. The molecule has 0 spiro atoms. The molecule has 3 nitrogen and oxygen atoms in total. The summed E-state index contributed by atoms with van der Waals surface area (Å²) in [5.74, 6) is -0.204. The third-order valence-corrected chi connectivity index (χ3v) is 2.52. The van der Waals surface area contributed by atoms with Crippen molar-refractivity contribution in [2.45, 2.75) is 13.0 Å². The van der Waals surface area contributed by atoms with Gasteiger partial charge in [0.15, 0.2) is 0 Å². The molecule has 0 saturated carbocycles. The van der Waals surface area contributed by atoms with E-state index in [1.165, 1.54) is 12.1 Å². The number of nitrogens with zero attached hydrogens (tertiary/aromatic N) is 1.